The van der Waals surface area contributed by atoms with Crippen molar-refractivity contribution in [1.82, 2.24) is 19.9 Å². The quantitative estimate of drug-likeness (QED) is 0.293. The summed E-state index contributed by atoms with van der Waals surface area (Å²) in [7, 11) is 0. The van der Waals surface area contributed by atoms with Crippen LogP contribution in [0.1, 0.15) is 31.2 Å². The highest BCUT2D eigenvalue weighted by atomic mass is 19.1. The molecular formula is C32H31F3N6O3. The largest absolute Gasteiger partial charge is 0.508 e. The highest BCUT2D eigenvalue weighted by Gasteiger charge is 2.49. The molecule has 9 nitrogen and oxygen atoms in total. The molecule has 5 heterocycles. The van der Waals surface area contributed by atoms with Crippen LogP contribution in [-0.4, -0.2) is 86.7 Å². The van der Waals surface area contributed by atoms with E-state index in [1.807, 2.05) is 0 Å². The Bertz CT molecular complexity index is 1820. The number of hydrogen-bond donors (Lipinski definition) is 3. The minimum absolute atomic E-state index is 0.0883. The number of benzene rings is 2. The minimum atomic E-state index is -0.954. The molecule has 0 saturated carbocycles. The molecule has 3 aliphatic heterocycles. The van der Waals surface area contributed by atoms with E-state index in [1.54, 1.807) is 4.90 Å². The first-order valence-corrected chi connectivity index (χ1v) is 14.6. The average molecular weight is 605 g/mol. The summed E-state index contributed by atoms with van der Waals surface area (Å²) in [5.41, 5.74) is 5.38. The summed E-state index contributed by atoms with van der Waals surface area (Å²) >= 11 is 0. The van der Waals surface area contributed by atoms with Gasteiger partial charge in [-0.2, -0.15) is 9.97 Å². The van der Waals surface area contributed by atoms with Gasteiger partial charge in [-0.1, -0.05) is 12.0 Å². The molecule has 12 heteroatoms. The number of nitrogens with two attached hydrogens (primary N) is 1. The van der Waals surface area contributed by atoms with Crippen molar-refractivity contribution < 1.29 is 28.1 Å². The van der Waals surface area contributed by atoms with Crippen molar-refractivity contribution in [3.63, 3.8) is 0 Å². The number of aliphatic hydroxyl groups is 1. The molecule has 0 amide bonds. The van der Waals surface area contributed by atoms with E-state index >= 15 is 4.39 Å². The Kier molecular flexibility index (Phi) is 6.99. The van der Waals surface area contributed by atoms with Gasteiger partial charge in [0, 0.05) is 49.2 Å². The number of phenols is 1. The number of phenolic OH excluding ortho intramolecular Hbond substituents is 1. The highest BCUT2D eigenvalue weighted by Crippen LogP contribution is 2.42. The van der Waals surface area contributed by atoms with Crippen LogP contribution in [0.4, 0.5) is 19.0 Å². The molecule has 4 aromatic rings. The van der Waals surface area contributed by atoms with Crippen molar-refractivity contribution in [1.29, 1.82) is 0 Å². The third kappa shape index (κ3) is 4.76. The molecule has 0 bridgehead atoms. The van der Waals surface area contributed by atoms with Gasteiger partial charge >= 0.3 is 6.01 Å². The molecule has 3 fully saturated rings. The number of rotatable bonds is 5. The summed E-state index contributed by atoms with van der Waals surface area (Å²) in [4.78, 5) is 17.3. The van der Waals surface area contributed by atoms with Crippen LogP contribution in [0, 0.1) is 24.0 Å². The summed E-state index contributed by atoms with van der Waals surface area (Å²) in [6.45, 7) is 1.79. The fraction of sp³-hybridized carbons (Fsp3) is 0.406. The van der Waals surface area contributed by atoms with E-state index in [4.69, 9.17) is 16.9 Å². The standard InChI is InChI=1S/C32H31F3N6O3/c1-2-22-25(34)5-4-17-8-20(42)10-23(26(17)22)28-27(35)29-24(12-37-28)30(40-14-19(36)9-21(43)15-40)39-31(38-29)44-16-32-6-3-7-41(32)13-18(33)11-32/h1,4-5,8,10,12,18-19,21,42-43H,3,6-7,9,11,13-16,36H2/t18-,19-,21+,32+/m1/s1. The van der Waals surface area contributed by atoms with Crippen molar-refractivity contribution in [2.75, 3.05) is 37.7 Å². The molecule has 7 rings (SSSR count). The number of terminal acetylenes is 1. The monoisotopic (exact) mass is 604 g/mol. The van der Waals surface area contributed by atoms with Crippen molar-refractivity contribution in [2.45, 2.75) is 49.5 Å². The maximum atomic E-state index is 16.7. The Labute approximate surface area is 251 Å². The van der Waals surface area contributed by atoms with E-state index in [0.29, 0.717) is 31.3 Å². The maximum absolute atomic E-state index is 16.7. The van der Waals surface area contributed by atoms with Crippen LogP contribution in [0.3, 0.4) is 0 Å². The number of pyridine rings is 1. The van der Waals surface area contributed by atoms with E-state index in [-0.39, 0.29) is 69.9 Å². The zero-order valence-electron chi connectivity index (χ0n) is 23.8. The van der Waals surface area contributed by atoms with Crippen LogP contribution in [0.2, 0.25) is 0 Å². The smallest absolute Gasteiger partial charge is 0.319 e. The first-order chi connectivity index (χ1) is 21.2. The van der Waals surface area contributed by atoms with Crippen LogP contribution in [0.15, 0.2) is 30.5 Å². The first kappa shape index (κ1) is 28.6. The van der Waals surface area contributed by atoms with Crippen molar-refractivity contribution in [3.05, 3.63) is 47.7 Å². The van der Waals surface area contributed by atoms with Gasteiger partial charge < -0.3 is 25.6 Å². The lowest BCUT2D eigenvalue weighted by molar-refractivity contribution is 0.107. The Balaban J connectivity index is 1.39. The minimum Gasteiger partial charge on any atom is -0.508 e. The SMILES string of the molecule is C#Cc1c(F)ccc2cc(O)cc(-c3ncc4c(N5C[C@H](N)C[C@H](O)C5)nc(OC[C@@]56CCCN5C[C@H](F)C6)nc4c3F)c12. The maximum Gasteiger partial charge on any atom is 0.319 e. The van der Waals surface area contributed by atoms with Gasteiger partial charge in [0.1, 0.15) is 41.4 Å². The number of aliphatic hydroxyl groups excluding tert-OH is 1. The molecule has 0 radical (unpaired) electrons. The topological polar surface area (TPSA) is 121 Å². The molecule has 0 unspecified atom stereocenters. The first-order valence-electron chi connectivity index (χ1n) is 14.6. The van der Waals surface area contributed by atoms with Crippen LogP contribution in [0.25, 0.3) is 32.9 Å². The molecule has 4 atom stereocenters. The molecule has 2 aromatic carbocycles. The van der Waals surface area contributed by atoms with Gasteiger partial charge in [-0.05, 0) is 49.4 Å². The second-order valence-corrected chi connectivity index (χ2v) is 12.1. The lowest BCUT2D eigenvalue weighted by Gasteiger charge is -2.35. The van der Waals surface area contributed by atoms with Crippen LogP contribution < -0.4 is 15.4 Å². The van der Waals surface area contributed by atoms with Gasteiger partial charge in [-0.3, -0.25) is 9.88 Å². The molecule has 228 valence electrons. The number of nitrogens with zero attached hydrogens (tertiary/aromatic N) is 5. The van der Waals surface area contributed by atoms with E-state index in [9.17, 15) is 19.0 Å². The van der Waals surface area contributed by atoms with Gasteiger partial charge in [0.05, 0.1) is 22.6 Å². The zero-order chi connectivity index (χ0) is 30.7. The number of hydrogen-bond acceptors (Lipinski definition) is 9. The number of piperidine rings is 1. The van der Waals surface area contributed by atoms with Crippen LogP contribution in [-0.2, 0) is 0 Å². The van der Waals surface area contributed by atoms with Gasteiger partial charge in [0.2, 0.25) is 0 Å². The summed E-state index contributed by atoms with van der Waals surface area (Å²) in [6.07, 6.45) is 7.78. The van der Waals surface area contributed by atoms with Crippen molar-refractivity contribution in [3.8, 4) is 35.4 Å². The lowest BCUT2D eigenvalue weighted by atomic mass is 9.95. The number of anilines is 1. The number of aromatic hydroxyl groups is 1. The summed E-state index contributed by atoms with van der Waals surface area (Å²) < 4.78 is 51.9. The van der Waals surface area contributed by atoms with Crippen molar-refractivity contribution in [2.24, 2.45) is 5.73 Å². The van der Waals surface area contributed by atoms with Gasteiger partial charge in [-0.15, -0.1) is 6.42 Å². The van der Waals surface area contributed by atoms with Crippen molar-refractivity contribution >= 4 is 27.5 Å². The number of fused-ring (bicyclic) bond motifs is 3. The Morgan fingerprint density at radius 3 is 2.82 bits per heavy atom. The molecule has 3 aliphatic rings. The number of alkyl halides is 1. The number of ether oxygens (including phenoxy) is 1. The molecular weight excluding hydrogens is 573 g/mol. The van der Waals surface area contributed by atoms with Gasteiger partial charge in [0.15, 0.2) is 5.82 Å². The Morgan fingerprint density at radius 1 is 1.18 bits per heavy atom. The molecule has 2 aromatic heterocycles. The molecule has 0 spiro atoms. The van der Waals surface area contributed by atoms with Gasteiger partial charge in [0.25, 0.3) is 0 Å². The molecule has 3 saturated heterocycles. The fourth-order valence-corrected chi connectivity index (χ4v) is 7.20. The summed E-state index contributed by atoms with van der Waals surface area (Å²) in [5.74, 6) is 0.900. The van der Waals surface area contributed by atoms with E-state index in [2.05, 4.69) is 25.8 Å². The van der Waals surface area contributed by atoms with Gasteiger partial charge in [-0.25, -0.2) is 13.2 Å². The van der Waals surface area contributed by atoms with E-state index in [1.165, 1.54) is 30.5 Å². The fourth-order valence-electron chi connectivity index (χ4n) is 7.20. The highest BCUT2D eigenvalue weighted by molar-refractivity contribution is 6.03. The van der Waals surface area contributed by atoms with E-state index < -0.39 is 29.4 Å². The Morgan fingerprint density at radius 2 is 2.02 bits per heavy atom. The normalized spacial score (nSPS) is 25.5. The lowest BCUT2D eigenvalue weighted by Crippen LogP contribution is -2.49. The predicted octanol–water partition coefficient (Wildman–Crippen LogP) is 3.66. The third-order valence-electron chi connectivity index (χ3n) is 9.09. The zero-order valence-corrected chi connectivity index (χ0v) is 23.8. The predicted molar refractivity (Wildman–Crippen MR) is 159 cm³/mol. The second-order valence-electron chi connectivity index (χ2n) is 12.1. The van der Waals surface area contributed by atoms with E-state index in [0.717, 1.165) is 19.4 Å². The summed E-state index contributed by atoms with van der Waals surface area (Å²) in [5, 5.41) is 21.8. The van der Waals surface area contributed by atoms with Crippen LogP contribution in [0.5, 0.6) is 11.8 Å². The molecule has 44 heavy (non-hydrogen) atoms. The average Bonchev–Trinajstić information content (AvgIpc) is 3.51. The number of β-amino-alcohol motifs (C(OH)–C–C–N with tert-alkyl or cyclic N) is 1. The third-order valence-corrected chi connectivity index (χ3v) is 9.09. The summed E-state index contributed by atoms with van der Waals surface area (Å²) in [6, 6.07) is 4.85. The Hall–Kier alpha value is -4.18. The number of aromatic nitrogens is 3. The van der Waals surface area contributed by atoms with Crippen LogP contribution >= 0.6 is 0 Å². The molecule has 4 N–H and O–H groups in total. The molecule has 0 aliphatic carbocycles. The number of halogens is 3. The second kappa shape index (κ2) is 10.8.